The van der Waals surface area contributed by atoms with E-state index in [1.54, 1.807) is 0 Å². The van der Waals surface area contributed by atoms with Crippen LogP contribution in [0.4, 0.5) is 0 Å². The van der Waals surface area contributed by atoms with E-state index in [0.29, 0.717) is 12.3 Å². The summed E-state index contributed by atoms with van der Waals surface area (Å²) in [5.74, 6) is 2.08. The molecule has 1 saturated heterocycles. The summed E-state index contributed by atoms with van der Waals surface area (Å²) in [5, 5.41) is 11.3. The summed E-state index contributed by atoms with van der Waals surface area (Å²) in [4.78, 5) is 6.68. The lowest BCUT2D eigenvalue weighted by molar-refractivity contribution is 0.190. The van der Waals surface area contributed by atoms with E-state index in [9.17, 15) is 0 Å². The number of hydrogen-bond acceptors (Lipinski definition) is 7. The van der Waals surface area contributed by atoms with Crippen LogP contribution in [0.2, 0.25) is 0 Å². The Morgan fingerprint density at radius 1 is 1.42 bits per heavy atom. The van der Waals surface area contributed by atoms with Gasteiger partial charge in [-0.3, -0.25) is 4.90 Å². The van der Waals surface area contributed by atoms with Gasteiger partial charge in [0.1, 0.15) is 5.76 Å². The van der Waals surface area contributed by atoms with Crippen molar-refractivity contribution in [3.8, 4) is 0 Å². The van der Waals surface area contributed by atoms with Gasteiger partial charge in [-0.15, -0.1) is 0 Å². The first-order valence-corrected chi connectivity index (χ1v) is 6.38. The molecule has 7 heteroatoms. The van der Waals surface area contributed by atoms with Crippen LogP contribution in [0.15, 0.2) is 15.1 Å². The second-order valence-corrected chi connectivity index (χ2v) is 4.85. The maximum atomic E-state index is 5.28. The molecule has 0 aromatic carbocycles. The van der Waals surface area contributed by atoms with Gasteiger partial charge in [-0.1, -0.05) is 10.3 Å². The van der Waals surface area contributed by atoms with Gasteiger partial charge in [0.25, 0.3) is 0 Å². The SMILES string of the molecule is Cc1cc(Cc2nc(C3CNCCN3C)no2)no1. The van der Waals surface area contributed by atoms with Gasteiger partial charge in [0.05, 0.1) is 18.2 Å². The van der Waals surface area contributed by atoms with Crippen LogP contribution in [0.3, 0.4) is 0 Å². The van der Waals surface area contributed by atoms with Crippen LogP contribution in [-0.2, 0) is 6.42 Å². The third kappa shape index (κ3) is 2.66. The van der Waals surface area contributed by atoms with Crippen molar-refractivity contribution in [3.05, 3.63) is 29.2 Å². The van der Waals surface area contributed by atoms with Gasteiger partial charge in [-0.05, 0) is 14.0 Å². The zero-order chi connectivity index (χ0) is 13.2. The highest BCUT2D eigenvalue weighted by Gasteiger charge is 2.25. The zero-order valence-corrected chi connectivity index (χ0v) is 11.1. The lowest BCUT2D eigenvalue weighted by Gasteiger charge is -2.30. The molecule has 1 unspecified atom stereocenters. The number of aromatic nitrogens is 3. The van der Waals surface area contributed by atoms with Crippen molar-refractivity contribution in [2.75, 3.05) is 26.7 Å². The summed E-state index contributed by atoms with van der Waals surface area (Å²) >= 11 is 0. The third-order valence-electron chi connectivity index (χ3n) is 3.30. The highest BCUT2D eigenvalue weighted by Crippen LogP contribution is 2.18. The summed E-state index contributed by atoms with van der Waals surface area (Å²) in [6.45, 7) is 4.68. The molecule has 7 nitrogen and oxygen atoms in total. The molecule has 1 N–H and O–H groups in total. The summed E-state index contributed by atoms with van der Waals surface area (Å²) < 4.78 is 10.3. The van der Waals surface area contributed by atoms with Crippen molar-refractivity contribution in [2.45, 2.75) is 19.4 Å². The average Bonchev–Trinajstić information content (AvgIpc) is 3.00. The minimum Gasteiger partial charge on any atom is -0.361 e. The van der Waals surface area contributed by atoms with Crippen LogP contribution in [0.25, 0.3) is 0 Å². The van der Waals surface area contributed by atoms with E-state index in [0.717, 1.165) is 36.9 Å². The monoisotopic (exact) mass is 263 g/mol. The Labute approximate surface area is 110 Å². The van der Waals surface area contributed by atoms with Gasteiger partial charge in [-0.2, -0.15) is 4.98 Å². The fourth-order valence-corrected chi connectivity index (χ4v) is 2.23. The molecule has 2 aromatic rings. The molecular weight excluding hydrogens is 246 g/mol. The summed E-state index contributed by atoms with van der Waals surface area (Å²) in [6.07, 6.45) is 0.508. The Kier molecular flexibility index (Phi) is 3.31. The Bertz CT molecular complexity index is 550. The minimum absolute atomic E-state index is 0.172. The summed E-state index contributed by atoms with van der Waals surface area (Å²) in [5.41, 5.74) is 0.808. The predicted octanol–water partition coefficient (Wildman–Crippen LogP) is 0.533. The van der Waals surface area contributed by atoms with Crippen molar-refractivity contribution in [3.63, 3.8) is 0 Å². The first-order chi connectivity index (χ1) is 9.22. The van der Waals surface area contributed by atoms with Gasteiger partial charge >= 0.3 is 0 Å². The minimum atomic E-state index is 0.172. The topological polar surface area (TPSA) is 80.2 Å². The zero-order valence-electron chi connectivity index (χ0n) is 11.1. The van der Waals surface area contributed by atoms with Crippen molar-refractivity contribution < 1.29 is 9.05 Å². The van der Waals surface area contributed by atoms with E-state index in [1.165, 1.54) is 0 Å². The molecule has 0 amide bonds. The number of hydrogen-bond donors (Lipinski definition) is 1. The van der Waals surface area contributed by atoms with Crippen LogP contribution in [0, 0.1) is 6.92 Å². The standard InChI is InChI=1S/C12H17N5O2/c1-8-5-9(15-18-8)6-11-14-12(16-19-11)10-7-13-3-4-17(10)2/h5,10,13H,3-4,6-7H2,1-2H3. The molecule has 1 aliphatic rings. The van der Waals surface area contributed by atoms with E-state index < -0.39 is 0 Å². The molecule has 1 atom stereocenters. The Morgan fingerprint density at radius 2 is 2.32 bits per heavy atom. The normalized spacial score (nSPS) is 20.8. The Balaban J connectivity index is 1.72. The molecule has 2 aromatic heterocycles. The maximum absolute atomic E-state index is 5.28. The first-order valence-electron chi connectivity index (χ1n) is 6.38. The van der Waals surface area contributed by atoms with Gasteiger partial charge in [0.2, 0.25) is 5.89 Å². The number of rotatable bonds is 3. The summed E-state index contributed by atoms with van der Waals surface area (Å²) in [7, 11) is 2.07. The quantitative estimate of drug-likeness (QED) is 0.865. The van der Waals surface area contributed by atoms with E-state index in [-0.39, 0.29) is 6.04 Å². The molecule has 3 heterocycles. The van der Waals surface area contributed by atoms with Crippen LogP contribution in [0.5, 0.6) is 0 Å². The van der Waals surface area contributed by atoms with E-state index in [2.05, 4.69) is 32.6 Å². The van der Waals surface area contributed by atoms with Crippen LogP contribution < -0.4 is 5.32 Å². The number of nitrogens with zero attached hydrogens (tertiary/aromatic N) is 4. The molecule has 0 spiro atoms. The van der Waals surface area contributed by atoms with Crippen LogP contribution in [-0.4, -0.2) is 46.9 Å². The van der Waals surface area contributed by atoms with Crippen molar-refractivity contribution in [1.29, 1.82) is 0 Å². The van der Waals surface area contributed by atoms with Gasteiger partial charge in [0, 0.05) is 25.7 Å². The number of nitrogens with one attached hydrogen (secondary N) is 1. The van der Waals surface area contributed by atoms with Gasteiger partial charge in [0.15, 0.2) is 5.82 Å². The molecule has 0 radical (unpaired) electrons. The molecular formula is C12H17N5O2. The number of likely N-dealkylation sites (N-methyl/N-ethyl adjacent to an activating group) is 1. The number of aryl methyl sites for hydroxylation is 1. The largest absolute Gasteiger partial charge is 0.361 e. The Hall–Kier alpha value is -1.73. The molecule has 0 aliphatic carbocycles. The van der Waals surface area contributed by atoms with Crippen LogP contribution in [0.1, 0.15) is 29.2 Å². The van der Waals surface area contributed by atoms with E-state index in [1.807, 2.05) is 13.0 Å². The highest BCUT2D eigenvalue weighted by molar-refractivity contribution is 5.09. The molecule has 0 bridgehead atoms. The predicted molar refractivity (Wildman–Crippen MR) is 66.6 cm³/mol. The molecule has 3 rings (SSSR count). The average molecular weight is 263 g/mol. The second-order valence-electron chi connectivity index (χ2n) is 4.85. The maximum Gasteiger partial charge on any atom is 0.232 e. The van der Waals surface area contributed by atoms with Gasteiger partial charge in [-0.25, -0.2) is 0 Å². The van der Waals surface area contributed by atoms with Crippen molar-refractivity contribution in [2.24, 2.45) is 0 Å². The second kappa shape index (κ2) is 5.10. The van der Waals surface area contributed by atoms with E-state index in [4.69, 9.17) is 9.05 Å². The molecule has 0 saturated carbocycles. The lowest BCUT2D eigenvalue weighted by Crippen LogP contribution is -2.44. The van der Waals surface area contributed by atoms with Crippen LogP contribution >= 0.6 is 0 Å². The fourth-order valence-electron chi connectivity index (χ4n) is 2.23. The first kappa shape index (κ1) is 12.3. The molecule has 102 valence electrons. The third-order valence-corrected chi connectivity index (χ3v) is 3.30. The van der Waals surface area contributed by atoms with Crippen molar-refractivity contribution in [1.82, 2.24) is 25.5 Å². The highest BCUT2D eigenvalue weighted by atomic mass is 16.5. The molecule has 1 fully saturated rings. The van der Waals surface area contributed by atoms with Crippen molar-refractivity contribution >= 4 is 0 Å². The molecule has 19 heavy (non-hydrogen) atoms. The van der Waals surface area contributed by atoms with Gasteiger partial charge < -0.3 is 14.4 Å². The van der Waals surface area contributed by atoms with E-state index >= 15 is 0 Å². The smallest absolute Gasteiger partial charge is 0.232 e. The lowest BCUT2D eigenvalue weighted by atomic mass is 10.2. The Morgan fingerprint density at radius 3 is 3.05 bits per heavy atom. The fraction of sp³-hybridized carbons (Fsp3) is 0.583. The summed E-state index contributed by atoms with van der Waals surface area (Å²) in [6, 6.07) is 2.04. The number of piperazine rings is 1. The molecule has 1 aliphatic heterocycles.